The Hall–Kier alpha value is -1.81. The Morgan fingerprint density at radius 1 is 0.952 bits per heavy atom. The molecule has 0 amide bonds. The number of hydrogen-bond donors (Lipinski definition) is 1. The second kappa shape index (κ2) is 5.90. The van der Waals surface area contributed by atoms with Crippen LogP contribution in [0.1, 0.15) is 33.9 Å². The van der Waals surface area contributed by atoms with Gasteiger partial charge in [0.2, 0.25) is 0 Å². The molecule has 0 radical (unpaired) electrons. The topological polar surface area (TPSA) is 12.0 Å². The van der Waals surface area contributed by atoms with E-state index in [1.807, 2.05) is 32.0 Å². The van der Waals surface area contributed by atoms with Crippen molar-refractivity contribution in [3.05, 3.63) is 70.3 Å². The molecular formula is C17H18F3N. The van der Waals surface area contributed by atoms with Crippen molar-refractivity contribution in [3.63, 3.8) is 0 Å². The van der Waals surface area contributed by atoms with Crippen LogP contribution in [0.2, 0.25) is 0 Å². The van der Waals surface area contributed by atoms with Crippen molar-refractivity contribution in [2.75, 3.05) is 7.05 Å². The van der Waals surface area contributed by atoms with Crippen LogP contribution >= 0.6 is 0 Å². The molecule has 0 aromatic heterocycles. The van der Waals surface area contributed by atoms with Crippen molar-refractivity contribution >= 4 is 0 Å². The predicted molar refractivity (Wildman–Crippen MR) is 78.3 cm³/mol. The van der Waals surface area contributed by atoms with Crippen LogP contribution in [0, 0.1) is 13.8 Å². The van der Waals surface area contributed by atoms with Crippen LogP contribution in [0.15, 0.2) is 42.5 Å². The normalized spacial score (nSPS) is 13.2. The number of hydrogen-bond acceptors (Lipinski definition) is 1. The molecule has 0 saturated heterocycles. The zero-order valence-electron chi connectivity index (χ0n) is 12.3. The molecule has 1 N–H and O–H groups in total. The monoisotopic (exact) mass is 293 g/mol. The highest BCUT2D eigenvalue weighted by molar-refractivity contribution is 5.41. The second-order valence-corrected chi connectivity index (χ2v) is 5.15. The number of halogens is 3. The average molecular weight is 293 g/mol. The van der Waals surface area contributed by atoms with E-state index in [9.17, 15) is 13.2 Å². The quantitative estimate of drug-likeness (QED) is 0.870. The Morgan fingerprint density at radius 2 is 1.62 bits per heavy atom. The van der Waals surface area contributed by atoms with Crippen molar-refractivity contribution in [1.29, 1.82) is 0 Å². The van der Waals surface area contributed by atoms with Gasteiger partial charge in [-0.25, -0.2) is 0 Å². The number of aryl methyl sites for hydroxylation is 2. The van der Waals surface area contributed by atoms with Gasteiger partial charge in [-0.15, -0.1) is 0 Å². The van der Waals surface area contributed by atoms with Gasteiger partial charge in [0.05, 0.1) is 11.6 Å². The second-order valence-electron chi connectivity index (χ2n) is 5.15. The molecule has 1 atom stereocenters. The Bertz CT molecular complexity index is 632. The fourth-order valence-electron chi connectivity index (χ4n) is 2.45. The molecule has 0 aliphatic heterocycles. The van der Waals surface area contributed by atoms with Gasteiger partial charge in [0.1, 0.15) is 0 Å². The number of nitrogens with one attached hydrogen (secondary N) is 1. The highest BCUT2D eigenvalue weighted by Crippen LogP contribution is 2.36. The molecule has 0 bridgehead atoms. The van der Waals surface area contributed by atoms with Crippen molar-refractivity contribution in [3.8, 4) is 0 Å². The molecule has 0 aliphatic carbocycles. The maximum absolute atomic E-state index is 13.2. The fourth-order valence-corrected chi connectivity index (χ4v) is 2.45. The number of alkyl halides is 3. The van der Waals surface area contributed by atoms with Gasteiger partial charge in [0.25, 0.3) is 0 Å². The van der Waals surface area contributed by atoms with Gasteiger partial charge in [-0.05, 0) is 49.2 Å². The van der Waals surface area contributed by atoms with E-state index in [0.29, 0.717) is 0 Å². The molecule has 0 aliphatic rings. The minimum atomic E-state index is -4.36. The summed E-state index contributed by atoms with van der Waals surface area (Å²) in [5.74, 6) is 0. The first kappa shape index (κ1) is 15.6. The van der Waals surface area contributed by atoms with Gasteiger partial charge in [0, 0.05) is 0 Å². The third kappa shape index (κ3) is 3.27. The molecule has 4 heteroatoms. The maximum atomic E-state index is 13.2. The van der Waals surface area contributed by atoms with E-state index in [2.05, 4.69) is 5.32 Å². The lowest BCUT2D eigenvalue weighted by atomic mass is 9.92. The van der Waals surface area contributed by atoms with Gasteiger partial charge in [0.15, 0.2) is 0 Å². The lowest BCUT2D eigenvalue weighted by Crippen LogP contribution is -2.22. The molecule has 0 spiro atoms. The molecule has 112 valence electrons. The van der Waals surface area contributed by atoms with Crippen molar-refractivity contribution in [2.24, 2.45) is 0 Å². The maximum Gasteiger partial charge on any atom is 0.416 e. The largest absolute Gasteiger partial charge is 0.416 e. The number of benzene rings is 2. The minimum Gasteiger partial charge on any atom is -0.309 e. The van der Waals surface area contributed by atoms with Crippen LogP contribution in [-0.2, 0) is 6.18 Å². The molecule has 2 aromatic carbocycles. The van der Waals surface area contributed by atoms with Gasteiger partial charge in [-0.2, -0.15) is 13.2 Å². The van der Waals surface area contributed by atoms with E-state index >= 15 is 0 Å². The summed E-state index contributed by atoms with van der Waals surface area (Å²) in [6.45, 7) is 3.94. The summed E-state index contributed by atoms with van der Waals surface area (Å²) in [6, 6.07) is 11.0. The molecule has 2 rings (SSSR count). The summed E-state index contributed by atoms with van der Waals surface area (Å²) in [4.78, 5) is 0. The zero-order chi connectivity index (χ0) is 15.6. The van der Waals surface area contributed by atoms with Gasteiger partial charge in [-0.3, -0.25) is 0 Å². The Kier molecular flexibility index (Phi) is 4.37. The van der Waals surface area contributed by atoms with Crippen LogP contribution in [0.4, 0.5) is 13.2 Å². The lowest BCUT2D eigenvalue weighted by Gasteiger charge is -2.22. The molecule has 21 heavy (non-hydrogen) atoms. The third-order valence-electron chi connectivity index (χ3n) is 3.73. The lowest BCUT2D eigenvalue weighted by molar-refractivity contribution is -0.138. The first-order valence-electron chi connectivity index (χ1n) is 6.75. The van der Waals surface area contributed by atoms with E-state index in [0.717, 1.165) is 22.8 Å². The van der Waals surface area contributed by atoms with Crippen LogP contribution in [0.25, 0.3) is 0 Å². The summed E-state index contributed by atoms with van der Waals surface area (Å²) in [5, 5.41) is 2.99. The summed E-state index contributed by atoms with van der Waals surface area (Å²) >= 11 is 0. The van der Waals surface area contributed by atoms with E-state index in [4.69, 9.17) is 0 Å². The summed E-state index contributed by atoms with van der Waals surface area (Å²) in [7, 11) is 1.67. The fraction of sp³-hybridized carbons (Fsp3) is 0.294. The van der Waals surface area contributed by atoms with E-state index in [-0.39, 0.29) is 5.56 Å². The van der Waals surface area contributed by atoms with Crippen LogP contribution in [-0.4, -0.2) is 7.05 Å². The molecule has 0 saturated carbocycles. The average Bonchev–Trinajstić information content (AvgIpc) is 2.43. The van der Waals surface area contributed by atoms with Gasteiger partial charge >= 0.3 is 6.18 Å². The minimum absolute atomic E-state index is 0.246. The summed E-state index contributed by atoms with van der Waals surface area (Å²) in [5.41, 5.74) is 2.67. The molecule has 0 heterocycles. The van der Waals surface area contributed by atoms with Crippen molar-refractivity contribution in [2.45, 2.75) is 26.1 Å². The molecule has 1 unspecified atom stereocenters. The van der Waals surface area contributed by atoms with Gasteiger partial charge in [-0.1, -0.05) is 36.4 Å². The van der Waals surface area contributed by atoms with Crippen molar-refractivity contribution < 1.29 is 13.2 Å². The van der Waals surface area contributed by atoms with E-state index < -0.39 is 17.8 Å². The highest BCUT2D eigenvalue weighted by atomic mass is 19.4. The summed E-state index contributed by atoms with van der Waals surface area (Å²) < 4.78 is 39.5. The van der Waals surface area contributed by atoms with Gasteiger partial charge < -0.3 is 5.32 Å². The van der Waals surface area contributed by atoms with E-state index in [1.54, 1.807) is 13.1 Å². The summed E-state index contributed by atoms with van der Waals surface area (Å²) in [6.07, 6.45) is -4.36. The molecular weight excluding hydrogens is 275 g/mol. The predicted octanol–water partition coefficient (Wildman–Crippen LogP) is 4.63. The molecule has 1 nitrogen and oxygen atoms in total. The Balaban J connectivity index is 2.54. The van der Waals surface area contributed by atoms with Crippen molar-refractivity contribution in [1.82, 2.24) is 5.32 Å². The zero-order valence-corrected chi connectivity index (χ0v) is 12.3. The molecule has 2 aromatic rings. The SMILES string of the molecule is CNC(c1ccc(C)c(C)c1)c1ccccc1C(F)(F)F. The Morgan fingerprint density at radius 3 is 2.19 bits per heavy atom. The Labute approximate surface area is 122 Å². The van der Waals surface area contributed by atoms with Crippen LogP contribution in [0.3, 0.4) is 0 Å². The first-order chi connectivity index (χ1) is 9.84. The first-order valence-corrected chi connectivity index (χ1v) is 6.75. The standard InChI is InChI=1S/C17H18F3N/c1-11-8-9-13(10-12(11)2)16(21-3)14-6-4-5-7-15(14)17(18,19)20/h4-10,16,21H,1-3H3. The molecule has 0 fully saturated rings. The van der Waals surface area contributed by atoms with Crippen LogP contribution < -0.4 is 5.32 Å². The highest BCUT2D eigenvalue weighted by Gasteiger charge is 2.35. The third-order valence-corrected chi connectivity index (χ3v) is 3.73. The smallest absolute Gasteiger partial charge is 0.309 e. The van der Waals surface area contributed by atoms with Crippen LogP contribution in [0.5, 0.6) is 0 Å². The number of rotatable bonds is 3. The van der Waals surface area contributed by atoms with E-state index in [1.165, 1.54) is 12.1 Å².